The number of nitrogens with one attached hydrogen (secondary N) is 3. The van der Waals surface area contributed by atoms with Crippen molar-refractivity contribution in [1.82, 2.24) is 20.9 Å². The Morgan fingerprint density at radius 1 is 1.19 bits per heavy atom. The van der Waals surface area contributed by atoms with Gasteiger partial charge in [-0.25, -0.2) is 0 Å². The second-order valence-corrected chi connectivity index (χ2v) is 9.26. The van der Waals surface area contributed by atoms with Crippen LogP contribution in [0.1, 0.15) is 64.0 Å². The lowest BCUT2D eigenvalue weighted by Gasteiger charge is -2.41. The topological polar surface area (TPSA) is 60.9 Å². The van der Waals surface area contributed by atoms with Gasteiger partial charge < -0.3 is 25.6 Å². The Kier molecular flexibility index (Phi) is 9.62. The van der Waals surface area contributed by atoms with Crippen LogP contribution in [0, 0.1) is 0 Å². The zero-order valence-electron chi connectivity index (χ0n) is 19.8. The summed E-state index contributed by atoms with van der Waals surface area (Å²) < 4.78 is 5.67. The standard InChI is InChI=1S/C25H43N5O/c1-21-10-7-8-16-30(21)17-9-15-27-24(26-3)28-20-25(13-18-31-19-14-25)29-22(2)23-11-5-4-6-12-23/h4-6,11-12,21-22,29H,7-10,13-20H2,1-3H3,(H2,26,27,28). The molecule has 1 aromatic rings. The molecule has 0 bridgehead atoms. The molecule has 174 valence electrons. The van der Waals surface area contributed by atoms with E-state index in [0.29, 0.717) is 6.04 Å². The largest absolute Gasteiger partial charge is 0.381 e. The van der Waals surface area contributed by atoms with Crippen molar-refractivity contribution in [2.24, 2.45) is 4.99 Å². The number of aliphatic imine (C=N–C) groups is 1. The molecule has 0 radical (unpaired) electrons. The summed E-state index contributed by atoms with van der Waals surface area (Å²) >= 11 is 0. The summed E-state index contributed by atoms with van der Waals surface area (Å²) in [7, 11) is 1.86. The van der Waals surface area contributed by atoms with Crippen molar-refractivity contribution in [1.29, 1.82) is 0 Å². The molecule has 2 heterocycles. The summed E-state index contributed by atoms with van der Waals surface area (Å²) in [6.07, 6.45) is 7.23. The van der Waals surface area contributed by atoms with Crippen molar-refractivity contribution in [2.45, 2.75) is 70.0 Å². The maximum Gasteiger partial charge on any atom is 0.191 e. The van der Waals surface area contributed by atoms with Crippen molar-refractivity contribution in [3.63, 3.8) is 0 Å². The molecule has 2 aliphatic rings. The average Bonchev–Trinajstić information content (AvgIpc) is 2.81. The van der Waals surface area contributed by atoms with Crippen LogP contribution in [0.2, 0.25) is 0 Å². The number of piperidine rings is 1. The van der Waals surface area contributed by atoms with Crippen molar-refractivity contribution < 1.29 is 4.74 Å². The Hall–Kier alpha value is -1.63. The van der Waals surface area contributed by atoms with E-state index in [1.807, 2.05) is 7.05 Å². The number of guanidine groups is 1. The third-order valence-electron chi connectivity index (χ3n) is 6.95. The van der Waals surface area contributed by atoms with Gasteiger partial charge in [-0.2, -0.15) is 0 Å². The van der Waals surface area contributed by atoms with Crippen molar-refractivity contribution in [2.75, 3.05) is 46.4 Å². The van der Waals surface area contributed by atoms with Gasteiger partial charge in [0.05, 0.1) is 0 Å². The molecule has 2 atom stereocenters. The quantitative estimate of drug-likeness (QED) is 0.319. The summed E-state index contributed by atoms with van der Waals surface area (Å²) in [6.45, 7) is 10.4. The number of hydrogen-bond acceptors (Lipinski definition) is 4. The van der Waals surface area contributed by atoms with E-state index < -0.39 is 0 Å². The van der Waals surface area contributed by atoms with E-state index >= 15 is 0 Å². The highest BCUT2D eigenvalue weighted by molar-refractivity contribution is 5.79. The number of ether oxygens (including phenoxy) is 1. The van der Waals surface area contributed by atoms with E-state index in [1.165, 1.54) is 37.9 Å². The molecule has 1 aromatic carbocycles. The van der Waals surface area contributed by atoms with Gasteiger partial charge in [-0.3, -0.25) is 4.99 Å². The fourth-order valence-corrected chi connectivity index (χ4v) is 4.87. The molecule has 3 rings (SSSR count). The third-order valence-corrected chi connectivity index (χ3v) is 6.95. The molecule has 0 amide bonds. The van der Waals surface area contributed by atoms with E-state index in [1.54, 1.807) is 0 Å². The first-order valence-corrected chi connectivity index (χ1v) is 12.2. The van der Waals surface area contributed by atoms with Gasteiger partial charge >= 0.3 is 0 Å². The van der Waals surface area contributed by atoms with Crippen LogP contribution in [0.3, 0.4) is 0 Å². The smallest absolute Gasteiger partial charge is 0.191 e. The van der Waals surface area contributed by atoms with E-state index in [2.05, 4.69) is 70.0 Å². The first-order valence-electron chi connectivity index (χ1n) is 12.2. The molecule has 0 aliphatic carbocycles. The molecule has 0 spiro atoms. The molecule has 2 unspecified atom stereocenters. The summed E-state index contributed by atoms with van der Waals surface area (Å²) in [5.41, 5.74) is 1.33. The Morgan fingerprint density at radius 2 is 1.97 bits per heavy atom. The molecular formula is C25H43N5O. The van der Waals surface area contributed by atoms with Crippen LogP contribution in [-0.4, -0.2) is 68.9 Å². The fraction of sp³-hybridized carbons (Fsp3) is 0.720. The van der Waals surface area contributed by atoms with E-state index in [4.69, 9.17) is 4.74 Å². The van der Waals surface area contributed by atoms with Gasteiger partial charge in [0.2, 0.25) is 0 Å². The van der Waals surface area contributed by atoms with Gasteiger partial charge in [0.15, 0.2) is 5.96 Å². The molecule has 2 aliphatic heterocycles. The predicted octanol–water partition coefficient (Wildman–Crippen LogP) is 3.32. The van der Waals surface area contributed by atoms with Crippen LogP contribution in [0.15, 0.2) is 35.3 Å². The van der Waals surface area contributed by atoms with Gasteiger partial charge in [0.25, 0.3) is 0 Å². The average molecular weight is 430 g/mol. The zero-order valence-corrected chi connectivity index (χ0v) is 19.8. The molecule has 3 N–H and O–H groups in total. The molecule has 2 fully saturated rings. The van der Waals surface area contributed by atoms with E-state index in [0.717, 1.165) is 57.6 Å². The minimum absolute atomic E-state index is 0.00829. The van der Waals surface area contributed by atoms with E-state index in [9.17, 15) is 0 Å². The highest BCUT2D eigenvalue weighted by Gasteiger charge is 2.34. The summed E-state index contributed by atoms with van der Waals surface area (Å²) in [6, 6.07) is 11.7. The van der Waals surface area contributed by atoms with Crippen LogP contribution in [0.4, 0.5) is 0 Å². The van der Waals surface area contributed by atoms with Crippen LogP contribution < -0.4 is 16.0 Å². The highest BCUT2D eigenvalue weighted by Crippen LogP contribution is 2.25. The third kappa shape index (κ3) is 7.48. The minimum Gasteiger partial charge on any atom is -0.381 e. The lowest BCUT2D eigenvalue weighted by molar-refractivity contribution is 0.0355. The van der Waals surface area contributed by atoms with Gasteiger partial charge in [-0.1, -0.05) is 36.8 Å². The SMILES string of the molecule is CN=C(NCCCN1CCCCC1C)NCC1(NC(C)c2ccccc2)CCOCC1. The highest BCUT2D eigenvalue weighted by atomic mass is 16.5. The number of likely N-dealkylation sites (tertiary alicyclic amines) is 1. The minimum atomic E-state index is 0.00829. The van der Waals surface area contributed by atoms with Crippen molar-refractivity contribution in [3.05, 3.63) is 35.9 Å². The molecular weight excluding hydrogens is 386 g/mol. The molecule has 31 heavy (non-hydrogen) atoms. The van der Waals surface area contributed by atoms with Crippen LogP contribution in [0.5, 0.6) is 0 Å². The maximum atomic E-state index is 5.67. The van der Waals surface area contributed by atoms with Gasteiger partial charge in [0.1, 0.15) is 0 Å². The lowest BCUT2D eigenvalue weighted by Crippen LogP contribution is -2.58. The number of hydrogen-bond donors (Lipinski definition) is 3. The van der Waals surface area contributed by atoms with Gasteiger partial charge in [-0.05, 0) is 58.1 Å². The number of rotatable bonds is 9. The Labute approximate surface area is 189 Å². The van der Waals surface area contributed by atoms with Crippen LogP contribution in [0.25, 0.3) is 0 Å². The molecule has 6 nitrogen and oxygen atoms in total. The summed E-state index contributed by atoms with van der Waals surface area (Å²) in [5, 5.41) is 11.0. The Morgan fingerprint density at radius 3 is 2.68 bits per heavy atom. The molecule has 0 saturated carbocycles. The molecule has 2 saturated heterocycles. The normalized spacial score (nSPS) is 23.3. The fourth-order valence-electron chi connectivity index (χ4n) is 4.87. The Bertz CT molecular complexity index is 659. The predicted molar refractivity (Wildman–Crippen MR) is 130 cm³/mol. The van der Waals surface area contributed by atoms with Crippen molar-refractivity contribution >= 4 is 5.96 Å². The monoisotopic (exact) mass is 429 g/mol. The van der Waals surface area contributed by atoms with Crippen LogP contribution >= 0.6 is 0 Å². The number of nitrogens with zero attached hydrogens (tertiary/aromatic N) is 2. The Balaban J connectivity index is 1.46. The number of benzene rings is 1. The molecule has 0 aromatic heterocycles. The van der Waals surface area contributed by atoms with Crippen LogP contribution in [-0.2, 0) is 4.74 Å². The van der Waals surface area contributed by atoms with E-state index in [-0.39, 0.29) is 5.54 Å². The summed E-state index contributed by atoms with van der Waals surface area (Å²) in [4.78, 5) is 7.09. The maximum absolute atomic E-state index is 5.67. The first-order chi connectivity index (χ1) is 15.1. The molecule has 6 heteroatoms. The lowest BCUT2D eigenvalue weighted by atomic mass is 9.88. The first kappa shape index (κ1) is 24.0. The second kappa shape index (κ2) is 12.4. The van der Waals surface area contributed by atoms with Gasteiger partial charge in [-0.15, -0.1) is 0 Å². The van der Waals surface area contributed by atoms with Crippen molar-refractivity contribution in [3.8, 4) is 0 Å². The zero-order chi connectivity index (χ0) is 21.9. The summed E-state index contributed by atoms with van der Waals surface area (Å²) in [5.74, 6) is 0.895. The second-order valence-electron chi connectivity index (χ2n) is 9.26. The van der Waals surface area contributed by atoms with Gasteiger partial charge in [0, 0.05) is 57.5 Å².